The number of rotatable bonds is 12. The molecule has 0 spiro atoms. The van der Waals surface area contributed by atoms with Crippen LogP contribution < -0.4 is 9.62 Å². The highest BCUT2D eigenvalue weighted by Crippen LogP contribution is 2.26. The van der Waals surface area contributed by atoms with Crippen LogP contribution in [0.2, 0.25) is 0 Å². The van der Waals surface area contributed by atoms with Gasteiger partial charge in [0.1, 0.15) is 12.6 Å². The Labute approximate surface area is 239 Å². The Balaban J connectivity index is 2.04. The van der Waals surface area contributed by atoms with Crippen LogP contribution in [-0.2, 0) is 26.2 Å². The molecule has 1 N–H and O–H groups in total. The molecule has 40 heavy (non-hydrogen) atoms. The average molecular weight is 564 g/mol. The van der Waals surface area contributed by atoms with Crippen molar-refractivity contribution in [2.24, 2.45) is 0 Å². The first-order chi connectivity index (χ1) is 18.9. The van der Waals surface area contributed by atoms with E-state index in [9.17, 15) is 18.0 Å². The molecule has 3 aromatic carbocycles. The summed E-state index contributed by atoms with van der Waals surface area (Å²) in [6, 6.07) is 22.1. The molecule has 0 heterocycles. The lowest BCUT2D eigenvalue weighted by atomic mass is 10.0. The number of carbonyl (C=O) groups excluding carboxylic acids is 2. The maximum absolute atomic E-state index is 14.0. The van der Waals surface area contributed by atoms with E-state index in [1.54, 1.807) is 37.3 Å². The number of benzene rings is 3. The van der Waals surface area contributed by atoms with Gasteiger partial charge in [-0.2, -0.15) is 0 Å². The molecule has 0 aromatic heterocycles. The highest BCUT2D eigenvalue weighted by Gasteiger charge is 2.33. The quantitative estimate of drug-likeness (QED) is 0.309. The molecule has 0 aliphatic heterocycles. The van der Waals surface area contributed by atoms with Crippen molar-refractivity contribution in [3.8, 4) is 0 Å². The zero-order chi connectivity index (χ0) is 29.4. The van der Waals surface area contributed by atoms with E-state index in [1.165, 1.54) is 17.0 Å². The van der Waals surface area contributed by atoms with E-state index in [0.717, 1.165) is 27.4 Å². The molecular weight excluding hydrogens is 522 g/mol. The standard InChI is InChI=1S/C32H41N3O4S/c1-7-25(5)33-32(37)26(6)34(21-28-14-12-11-13-24(28)4)31(36)22-35(29-19-17-27(18-20-29)23(2)3)40(38,39)30-15-9-8-10-16-30/h8-20,23,25-26H,7,21-22H2,1-6H3,(H,33,37). The third kappa shape index (κ3) is 7.50. The molecule has 2 unspecified atom stereocenters. The first kappa shape index (κ1) is 30.9. The molecule has 0 bridgehead atoms. The average Bonchev–Trinajstić information content (AvgIpc) is 2.95. The molecule has 7 nitrogen and oxygen atoms in total. The summed E-state index contributed by atoms with van der Waals surface area (Å²) in [5.41, 5.74) is 3.31. The van der Waals surface area contributed by atoms with E-state index in [-0.39, 0.29) is 29.3 Å². The summed E-state index contributed by atoms with van der Waals surface area (Å²) in [6.45, 7) is 11.4. The number of hydrogen-bond donors (Lipinski definition) is 1. The minimum Gasteiger partial charge on any atom is -0.352 e. The van der Waals surface area contributed by atoms with Gasteiger partial charge in [0, 0.05) is 12.6 Å². The third-order valence-electron chi connectivity index (χ3n) is 7.23. The van der Waals surface area contributed by atoms with Crippen molar-refractivity contribution >= 4 is 27.5 Å². The van der Waals surface area contributed by atoms with Crippen LogP contribution in [0.5, 0.6) is 0 Å². The zero-order valence-electron chi connectivity index (χ0n) is 24.3. The Morgan fingerprint density at radius 3 is 2.02 bits per heavy atom. The number of nitrogens with one attached hydrogen (secondary N) is 1. The van der Waals surface area contributed by atoms with Crippen molar-refractivity contribution < 1.29 is 18.0 Å². The number of aryl methyl sites for hydroxylation is 1. The van der Waals surface area contributed by atoms with Gasteiger partial charge in [-0.05, 0) is 74.1 Å². The molecular formula is C32H41N3O4S. The van der Waals surface area contributed by atoms with Gasteiger partial charge in [0.25, 0.3) is 10.0 Å². The highest BCUT2D eigenvalue weighted by molar-refractivity contribution is 7.92. The predicted molar refractivity (Wildman–Crippen MR) is 161 cm³/mol. The van der Waals surface area contributed by atoms with Gasteiger partial charge < -0.3 is 10.2 Å². The fraction of sp³-hybridized carbons (Fsp3) is 0.375. The SMILES string of the molecule is CCC(C)NC(=O)C(C)N(Cc1ccccc1C)C(=O)CN(c1ccc(C(C)C)cc1)S(=O)(=O)c1ccccc1. The van der Waals surface area contributed by atoms with E-state index >= 15 is 0 Å². The number of nitrogens with zero attached hydrogens (tertiary/aromatic N) is 2. The minimum atomic E-state index is -4.08. The first-order valence-corrected chi connectivity index (χ1v) is 15.2. The summed E-state index contributed by atoms with van der Waals surface area (Å²) in [5, 5.41) is 2.96. The monoisotopic (exact) mass is 563 g/mol. The van der Waals surface area contributed by atoms with Crippen molar-refractivity contribution in [1.29, 1.82) is 0 Å². The van der Waals surface area contributed by atoms with Crippen molar-refractivity contribution in [2.75, 3.05) is 10.8 Å². The molecule has 0 radical (unpaired) electrons. The van der Waals surface area contributed by atoms with E-state index < -0.39 is 28.5 Å². The lowest BCUT2D eigenvalue weighted by Crippen LogP contribution is -2.52. The van der Waals surface area contributed by atoms with Crippen LogP contribution in [0.1, 0.15) is 63.6 Å². The van der Waals surface area contributed by atoms with Gasteiger partial charge in [0.15, 0.2) is 0 Å². The lowest BCUT2D eigenvalue weighted by Gasteiger charge is -2.33. The van der Waals surface area contributed by atoms with E-state index in [1.807, 2.05) is 57.2 Å². The van der Waals surface area contributed by atoms with Crippen LogP contribution in [0.3, 0.4) is 0 Å². The van der Waals surface area contributed by atoms with Crippen molar-refractivity contribution in [3.63, 3.8) is 0 Å². The Kier molecular flexibility index (Phi) is 10.5. The molecule has 0 aliphatic rings. The van der Waals surface area contributed by atoms with Gasteiger partial charge in [-0.3, -0.25) is 13.9 Å². The second-order valence-corrected chi connectivity index (χ2v) is 12.4. The fourth-order valence-electron chi connectivity index (χ4n) is 4.29. The summed E-state index contributed by atoms with van der Waals surface area (Å²) in [4.78, 5) is 28.8. The van der Waals surface area contributed by atoms with Crippen LogP contribution in [0.25, 0.3) is 0 Å². The summed E-state index contributed by atoms with van der Waals surface area (Å²) >= 11 is 0. The van der Waals surface area contributed by atoms with Crippen LogP contribution >= 0.6 is 0 Å². The van der Waals surface area contributed by atoms with Gasteiger partial charge in [-0.1, -0.05) is 75.4 Å². The first-order valence-electron chi connectivity index (χ1n) is 13.8. The third-order valence-corrected chi connectivity index (χ3v) is 9.02. The highest BCUT2D eigenvalue weighted by atomic mass is 32.2. The van der Waals surface area contributed by atoms with Crippen molar-refractivity contribution in [2.45, 2.75) is 77.4 Å². The molecule has 3 rings (SSSR count). The summed E-state index contributed by atoms with van der Waals surface area (Å²) in [6.07, 6.45) is 0.750. The Morgan fingerprint density at radius 2 is 1.45 bits per heavy atom. The lowest BCUT2D eigenvalue weighted by molar-refractivity contribution is -0.139. The molecule has 2 amide bonds. The van der Waals surface area contributed by atoms with Gasteiger partial charge in [-0.15, -0.1) is 0 Å². The summed E-state index contributed by atoms with van der Waals surface area (Å²) in [5.74, 6) is -0.484. The molecule has 0 saturated carbocycles. The van der Waals surface area contributed by atoms with E-state index in [2.05, 4.69) is 19.2 Å². The molecule has 0 saturated heterocycles. The number of carbonyl (C=O) groups is 2. The second kappa shape index (κ2) is 13.6. The normalized spacial score (nSPS) is 13.0. The fourth-order valence-corrected chi connectivity index (χ4v) is 5.73. The van der Waals surface area contributed by atoms with Crippen molar-refractivity contribution in [1.82, 2.24) is 10.2 Å². The molecule has 0 fully saturated rings. The van der Waals surface area contributed by atoms with Gasteiger partial charge in [0.2, 0.25) is 11.8 Å². The van der Waals surface area contributed by atoms with Crippen molar-refractivity contribution in [3.05, 3.63) is 95.6 Å². The number of hydrogen-bond acceptors (Lipinski definition) is 4. The molecule has 0 aliphatic carbocycles. The predicted octanol–water partition coefficient (Wildman–Crippen LogP) is 5.65. The van der Waals surface area contributed by atoms with Crippen LogP contribution in [0.15, 0.2) is 83.8 Å². The number of amides is 2. The number of sulfonamides is 1. The smallest absolute Gasteiger partial charge is 0.264 e. The molecule has 214 valence electrons. The van der Waals surface area contributed by atoms with Gasteiger partial charge in [-0.25, -0.2) is 8.42 Å². The molecule has 8 heteroatoms. The summed E-state index contributed by atoms with van der Waals surface area (Å²) < 4.78 is 28.9. The van der Waals surface area contributed by atoms with Gasteiger partial charge in [0.05, 0.1) is 10.6 Å². The Bertz CT molecular complexity index is 1390. The van der Waals surface area contributed by atoms with Crippen LogP contribution in [0.4, 0.5) is 5.69 Å². The topological polar surface area (TPSA) is 86.8 Å². The zero-order valence-corrected chi connectivity index (χ0v) is 25.1. The maximum Gasteiger partial charge on any atom is 0.264 e. The number of anilines is 1. The Morgan fingerprint density at radius 1 is 0.850 bits per heavy atom. The van der Waals surface area contributed by atoms with Gasteiger partial charge >= 0.3 is 0 Å². The van der Waals surface area contributed by atoms with Crippen LogP contribution in [-0.4, -0.2) is 43.8 Å². The Hall–Kier alpha value is -3.65. The summed E-state index contributed by atoms with van der Waals surface area (Å²) in [7, 11) is -4.08. The second-order valence-electron chi connectivity index (χ2n) is 10.5. The van der Waals surface area contributed by atoms with E-state index in [4.69, 9.17) is 0 Å². The minimum absolute atomic E-state index is 0.0557. The largest absolute Gasteiger partial charge is 0.352 e. The van der Waals surface area contributed by atoms with E-state index in [0.29, 0.717) is 5.69 Å². The maximum atomic E-state index is 14.0. The molecule has 2 atom stereocenters. The van der Waals surface area contributed by atoms with Crippen LogP contribution in [0, 0.1) is 6.92 Å². The molecule has 3 aromatic rings.